The Balaban J connectivity index is 2.39. The molecule has 2 rings (SSSR count). The van der Waals surface area contributed by atoms with E-state index in [9.17, 15) is 24.6 Å². The zero-order valence-electron chi connectivity index (χ0n) is 11.3. The monoisotopic (exact) mass is 335 g/mol. The Bertz CT molecular complexity index is 713. The van der Waals surface area contributed by atoms with Crippen LogP contribution in [0.25, 0.3) is 6.08 Å². The van der Waals surface area contributed by atoms with Crippen LogP contribution in [-0.2, 0) is 9.59 Å². The van der Waals surface area contributed by atoms with Gasteiger partial charge in [0.05, 0.1) is 22.9 Å². The first kappa shape index (κ1) is 16.2. The smallest absolute Gasteiger partial charge is 0.266 e. The molecular formula is C14H9NO5S2-2. The van der Waals surface area contributed by atoms with Gasteiger partial charge in [0.15, 0.2) is 0 Å². The van der Waals surface area contributed by atoms with Crippen molar-refractivity contribution in [2.75, 3.05) is 0 Å². The fourth-order valence-corrected chi connectivity index (χ4v) is 3.28. The number of nitrogens with zero attached hydrogens (tertiary/aromatic N) is 1. The Hall–Kier alpha value is -2.19. The Morgan fingerprint density at radius 2 is 1.95 bits per heavy atom. The van der Waals surface area contributed by atoms with Gasteiger partial charge >= 0.3 is 0 Å². The Kier molecular flexibility index (Phi) is 4.62. The number of thiocarbonyl (C=S) groups is 1. The summed E-state index contributed by atoms with van der Waals surface area (Å²) in [7, 11) is 0. The lowest BCUT2D eigenvalue weighted by molar-refractivity contribution is -0.309. The second kappa shape index (κ2) is 6.29. The maximum absolute atomic E-state index is 12.2. The summed E-state index contributed by atoms with van der Waals surface area (Å²) in [5.74, 6) is -3.39. The second-order valence-corrected chi connectivity index (χ2v) is 6.10. The molecule has 1 aromatic carbocycles. The van der Waals surface area contributed by atoms with Crippen LogP contribution < -0.4 is 10.2 Å². The molecule has 0 N–H and O–H groups in total. The Morgan fingerprint density at radius 3 is 2.55 bits per heavy atom. The van der Waals surface area contributed by atoms with Gasteiger partial charge in [-0.3, -0.25) is 9.69 Å². The van der Waals surface area contributed by atoms with Crippen LogP contribution in [0.4, 0.5) is 0 Å². The first-order chi connectivity index (χ1) is 10.3. The van der Waals surface area contributed by atoms with Gasteiger partial charge in [-0.15, -0.1) is 0 Å². The molecule has 1 aliphatic heterocycles. The molecule has 6 nitrogen and oxygen atoms in total. The standard InChI is InChI=1S/C14H11NO5S2/c1-7(12(17)18)15-11(16)10(22-14(15)21)6-8-4-2-3-5-9(8)13(19)20/h2-7H,1H3,(H,17,18)(H,19,20)/p-2/b10-6+/t7-/m0/s1. The van der Waals surface area contributed by atoms with Gasteiger partial charge in [-0.2, -0.15) is 0 Å². The van der Waals surface area contributed by atoms with E-state index in [0.717, 1.165) is 16.7 Å². The van der Waals surface area contributed by atoms with Gasteiger partial charge in [-0.1, -0.05) is 48.2 Å². The molecule has 114 valence electrons. The van der Waals surface area contributed by atoms with E-state index in [4.69, 9.17) is 12.2 Å². The van der Waals surface area contributed by atoms with E-state index in [-0.39, 0.29) is 20.4 Å². The molecule has 1 fully saturated rings. The molecule has 0 unspecified atom stereocenters. The SMILES string of the molecule is C[C@@H](C(=O)[O-])N1C(=O)/C(=C\c2ccccc2C(=O)[O-])SC1=S. The highest BCUT2D eigenvalue weighted by atomic mass is 32.2. The summed E-state index contributed by atoms with van der Waals surface area (Å²) in [5, 5.41) is 22.0. The number of thioether (sulfide) groups is 1. The molecule has 1 aromatic rings. The number of benzene rings is 1. The third-order valence-electron chi connectivity index (χ3n) is 3.02. The predicted molar refractivity (Wildman–Crippen MR) is 80.3 cm³/mol. The summed E-state index contributed by atoms with van der Waals surface area (Å²) in [6, 6.07) is 4.81. The number of hydrogen-bond donors (Lipinski definition) is 0. The molecule has 0 aliphatic carbocycles. The number of hydrogen-bond acceptors (Lipinski definition) is 7. The fourth-order valence-electron chi connectivity index (χ4n) is 1.87. The van der Waals surface area contributed by atoms with Crippen molar-refractivity contribution >= 4 is 52.2 Å². The highest BCUT2D eigenvalue weighted by Gasteiger charge is 2.35. The normalized spacial score (nSPS) is 17.9. The van der Waals surface area contributed by atoms with Gasteiger partial charge < -0.3 is 19.8 Å². The maximum Gasteiger partial charge on any atom is 0.266 e. The third kappa shape index (κ3) is 3.02. The molecule has 1 atom stereocenters. The van der Waals surface area contributed by atoms with E-state index in [1.54, 1.807) is 6.07 Å². The van der Waals surface area contributed by atoms with Crippen LogP contribution in [0.3, 0.4) is 0 Å². The van der Waals surface area contributed by atoms with Crippen molar-refractivity contribution in [2.45, 2.75) is 13.0 Å². The van der Waals surface area contributed by atoms with Crippen LogP contribution in [0.5, 0.6) is 0 Å². The minimum atomic E-state index is -1.42. The molecule has 0 radical (unpaired) electrons. The molecule has 22 heavy (non-hydrogen) atoms. The van der Waals surface area contributed by atoms with Crippen molar-refractivity contribution < 1.29 is 24.6 Å². The highest BCUT2D eigenvalue weighted by Crippen LogP contribution is 2.34. The zero-order valence-corrected chi connectivity index (χ0v) is 12.9. The number of carbonyl (C=O) groups excluding carboxylic acids is 3. The molecule has 0 saturated carbocycles. The van der Waals surface area contributed by atoms with Gasteiger partial charge in [0.25, 0.3) is 5.91 Å². The van der Waals surface area contributed by atoms with Gasteiger partial charge in [0.1, 0.15) is 4.32 Å². The average molecular weight is 335 g/mol. The zero-order chi connectivity index (χ0) is 16.4. The number of aromatic carboxylic acids is 1. The first-order valence-corrected chi connectivity index (χ1v) is 7.33. The summed E-state index contributed by atoms with van der Waals surface area (Å²) in [6.45, 7) is 1.29. The predicted octanol–water partition coefficient (Wildman–Crippen LogP) is -0.610. The second-order valence-electron chi connectivity index (χ2n) is 4.42. The van der Waals surface area contributed by atoms with Crippen LogP contribution in [0.1, 0.15) is 22.8 Å². The minimum absolute atomic E-state index is 0.0688. The number of rotatable bonds is 4. The van der Waals surface area contributed by atoms with E-state index in [1.807, 2.05) is 0 Å². The summed E-state index contributed by atoms with van der Waals surface area (Å²) >= 11 is 5.91. The number of carbonyl (C=O) groups is 3. The maximum atomic E-state index is 12.2. The highest BCUT2D eigenvalue weighted by molar-refractivity contribution is 8.26. The topological polar surface area (TPSA) is 101 Å². The first-order valence-electron chi connectivity index (χ1n) is 6.11. The molecule has 1 amide bonds. The van der Waals surface area contributed by atoms with Crippen molar-refractivity contribution in [3.05, 3.63) is 40.3 Å². The summed E-state index contributed by atoms with van der Waals surface area (Å²) in [5.41, 5.74) is 0.213. The van der Waals surface area contributed by atoms with Gasteiger partial charge in [-0.05, 0) is 18.6 Å². The summed E-state index contributed by atoms with van der Waals surface area (Å²) in [4.78, 5) is 35.3. The third-order valence-corrected chi connectivity index (χ3v) is 4.35. The van der Waals surface area contributed by atoms with E-state index >= 15 is 0 Å². The van der Waals surface area contributed by atoms with E-state index in [0.29, 0.717) is 0 Å². The average Bonchev–Trinajstić information content (AvgIpc) is 2.73. The van der Waals surface area contributed by atoms with E-state index in [2.05, 4.69) is 0 Å². The summed E-state index contributed by atoms with van der Waals surface area (Å²) in [6.07, 6.45) is 1.35. The largest absolute Gasteiger partial charge is 0.548 e. The van der Waals surface area contributed by atoms with Gasteiger partial charge in [0, 0.05) is 5.56 Å². The minimum Gasteiger partial charge on any atom is -0.548 e. The number of aliphatic carboxylic acids is 1. The van der Waals surface area contributed by atoms with Gasteiger partial charge in [-0.25, -0.2) is 0 Å². The van der Waals surface area contributed by atoms with Crippen molar-refractivity contribution in [3.8, 4) is 0 Å². The molecular weight excluding hydrogens is 326 g/mol. The number of carboxylic acid groups (broad SMARTS) is 2. The van der Waals surface area contributed by atoms with Crippen LogP contribution in [0.15, 0.2) is 29.2 Å². The van der Waals surface area contributed by atoms with E-state index < -0.39 is 23.9 Å². The van der Waals surface area contributed by atoms with Gasteiger partial charge in [0.2, 0.25) is 0 Å². The Labute approximate surface area is 135 Å². The Morgan fingerprint density at radius 1 is 1.32 bits per heavy atom. The van der Waals surface area contributed by atoms with E-state index in [1.165, 1.54) is 31.2 Å². The lowest BCUT2D eigenvalue weighted by atomic mass is 10.1. The molecule has 0 spiro atoms. The molecule has 1 aliphatic rings. The molecule has 1 saturated heterocycles. The van der Waals surface area contributed by atoms with Crippen LogP contribution >= 0.6 is 24.0 Å². The summed E-state index contributed by atoms with van der Waals surface area (Å²) < 4.78 is 0.0823. The van der Waals surface area contributed by atoms with Crippen LogP contribution in [0, 0.1) is 0 Å². The van der Waals surface area contributed by atoms with Crippen molar-refractivity contribution in [1.82, 2.24) is 4.90 Å². The molecule has 0 bridgehead atoms. The number of carboxylic acids is 2. The van der Waals surface area contributed by atoms with Crippen LogP contribution in [0.2, 0.25) is 0 Å². The fraction of sp³-hybridized carbons (Fsp3) is 0.143. The lowest BCUT2D eigenvalue weighted by Gasteiger charge is -2.23. The lowest BCUT2D eigenvalue weighted by Crippen LogP contribution is -2.48. The van der Waals surface area contributed by atoms with Crippen molar-refractivity contribution in [2.24, 2.45) is 0 Å². The molecule has 0 aromatic heterocycles. The van der Waals surface area contributed by atoms with Crippen molar-refractivity contribution in [1.29, 1.82) is 0 Å². The van der Waals surface area contributed by atoms with Crippen LogP contribution in [-0.4, -0.2) is 33.1 Å². The van der Waals surface area contributed by atoms with Crippen molar-refractivity contribution in [3.63, 3.8) is 0 Å². The quantitative estimate of drug-likeness (QED) is 0.534. The molecule has 1 heterocycles. The number of amides is 1. The molecule has 8 heteroatoms.